The average Bonchev–Trinajstić information content (AvgIpc) is 2.88. The van der Waals surface area contributed by atoms with E-state index < -0.39 is 21.7 Å². The highest BCUT2D eigenvalue weighted by Gasteiger charge is 2.37. The van der Waals surface area contributed by atoms with E-state index in [4.69, 9.17) is 4.74 Å². The zero-order chi connectivity index (χ0) is 13.2. The SMILES string of the molecule is O=C(O)C(CCC1CCCO1)C1CCS(=O)(=O)C1. The molecule has 0 aromatic carbocycles. The molecule has 18 heavy (non-hydrogen) atoms. The fraction of sp³-hybridized carbons (Fsp3) is 0.917. The summed E-state index contributed by atoms with van der Waals surface area (Å²) in [5.41, 5.74) is 0. The molecule has 0 spiro atoms. The minimum Gasteiger partial charge on any atom is -0.481 e. The normalized spacial score (nSPS) is 32.4. The smallest absolute Gasteiger partial charge is 0.306 e. The summed E-state index contributed by atoms with van der Waals surface area (Å²) < 4.78 is 28.3. The van der Waals surface area contributed by atoms with Crippen LogP contribution in [0.5, 0.6) is 0 Å². The summed E-state index contributed by atoms with van der Waals surface area (Å²) in [5, 5.41) is 9.24. The molecule has 0 aromatic heterocycles. The van der Waals surface area contributed by atoms with Crippen LogP contribution in [0.3, 0.4) is 0 Å². The Morgan fingerprint density at radius 2 is 2.17 bits per heavy atom. The number of hydrogen-bond donors (Lipinski definition) is 1. The van der Waals surface area contributed by atoms with Gasteiger partial charge in [0.15, 0.2) is 9.84 Å². The molecule has 2 heterocycles. The molecule has 2 aliphatic heterocycles. The van der Waals surface area contributed by atoms with Crippen molar-refractivity contribution in [2.24, 2.45) is 11.8 Å². The van der Waals surface area contributed by atoms with E-state index in [1.54, 1.807) is 0 Å². The average molecular weight is 276 g/mol. The topological polar surface area (TPSA) is 80.7 Å². The first-order valence-electron chi connectivity index (χ1n) is 6.53. The summed E-state index contributed by atoms with van der Waals surface area (Å²) in [6.07, 6.45) is 3.96. The largest absolute Gasteiger partial charge is 0.481 e. The Kier molecular flexibility index (Phi) is 4.27. The Labute approximate surface area is 107 Å². The molecular formula is C12H20O5S. The molecule has 2 saturated heterocycles. The van der Waals surface area contributed by atoms with Crippen molar-refractivity contribution in [2.75, 3.05) is 18.1 Å². The fourth-order valence-corrected chi connectivity index (χ4v) is 4.82. The molecule has 1 N–H and O–H groups in total. The molecule has 104 valence electrons. The van der Waals surface area contributed by atoms with Crippen molar-refractivity contribution in [1.82, 2.24) is 0 Å². The van der Waals surface area contributed by atoms with Crippen molar-refractivity contribution >= 4 is 15.8 Å². The van der Waals surface area contributed by atoms with Gasteiger partial charge in [0, 0.05) is 6.61 Å². The van der Waals surface area contributed by atoms with E-state index in [2.05, 4.69) is 0 Å². The molecule has 2 aliphatic rings. The predicted octanol–water partition coefficient (Wildman–Crippen LogP) is 1.08. The van der Waals surface area contributed by atoms with Crippen LogP contribution in [0.1, 0.15) is 32.1 Å². The number of carboxylic acid groups (broad SMARTS) is 1. The summed E-state index contributed by atoms with van der Waals surface area (Å²) in [4.78, 5) is 11.3. The molecule has 0 aliphatic carbocycles. The summed E-state index contributed by atoms with van der Waals surface area (Å²) in [7, 11) is -3.01. The lowest BCUT2D eigenvalue weighted by atomic mass is 9.87. The van der Waals surface area contributed by atoms with E-state index in [0.717, 1.165) is 25.9 Å². The Hall–Kier alpha value is -0.620. The number of aliphatic carboxylic acids is 1. The third kappa shape index (κ3) is 3.45. The van der Waals surface area contributed by atoms with Gasteiger partial charge in [-0.05, 0) is 38.0 Å². The van der Waals surface area contributed by atoms with Crippen LogP contribution in [0.25, 0.3) is 0 Å². The quantitative estimate of drug-likeness (QED) is 0.812. The van der Waals surface area contributed by atoms with Crippen molar-refractivity contribution < 1.29 is 23.1 Å². The van der Waals surface area contributed by atoms with Gasteiger partial charge in [-0.25, -0.2) is 8.42 Å². The van der Waals surface area contributed by atoms with Crippen LogP contribution >= 0.6 is 0 Å². The van der Waals surface area contributed by atoms with Gasteiger partial charge in [-0.2, -0.15) is 0 Å². The molecular weight excluding hydrogens is 256 g/mol. The lowest BCUT2D eigenvalue weighted by molar-refractivity contribution is -0.143. The molecule has 0 saturated carbocycles. The van der Waals surface area contributed by atoms with Crippen molar-refractivity contribution in [2.45, 2.75) is 38.2 Å². The van der Waals surface area contributed by atoms with Gasteiger partial charge in [0.25, 0.3) is 0 Å². The Morgan fingerprint density at radius 1 is 1.39 bits per heavy atom. The van der Waals surface area contributed by atoms with Crippen molar-refractivity contribution in [3.8, 4) is 0 Å². The van der Waals surface area contributed by atoms with Crippen LogP contribution in [-0.2, 0) is 19.4 Å². The van der Waals surface area contributed by atoms with E-state index in [1.165, 1.54) is 0 Å². The maximum atomic E-state index is 11.4. The second-order valence-corrected chi connectivity index (χ2v) is 7.55. The molecule has 2 fully saturated rings. The summed E-state index contributed by atoms with van der Waals surface area (Å²) in [6.45, 7) is 0.764. The molecule has 5 nitrogen and oxygen atoms in total. The Bertz CT molecular complexity index is 397. The van der Waals surface area contributed by atoms with Crippen LogP contribution in [0.2, 0.25) is 0 Å². The number of sulfone groups is 1. The lowest BCUT2D eigenvalue weighted by Crippen LogP contribution is -2.26. The van der Waals surface area contributed by atoms with Gasteiger partial charge >= 0.3 is 5.97 Å². The first-order valence-corrected chi connectivity index (χ1v) is 8.35. The number of carbonyl (C=O) groups is 1. The standard InChI is InChI=1S/C12H20O5S/c13-12(14)11(4-3-10-2-1-6-17-10)9-5-7-18(15,16)8-9/h9-11H,1-8H2,(H,13,14). The van der Waals surface area contributed by atoms with Crippen LogP contribution < -0.4 is 0 Å². The number of hydrogen-bond acceptors (Lipinski definition) is 4. The molecule has 3 atom stereocenters. The highest BCUT2D eigenvalue weighted by molar-refractivity contribution is 7.91. The second-order valence-electron chi connectivity index (χ2n) is 5.32. The fourth-order valence-electron chi connectivity index (χ4n) is 2.94. The van der Waals surface area contributed by atoms with Gasteiger partial charge in [-0.3, -0.25) is 4.79 Å². The minimum atomic E-state index is -3.01. The zero-order valence-corrected chi connectivity index (χ0v) is 11.2. The van der Waals surface area contributed by atoms with E-state index in [-0.39, 0.29) is 23.5 Å². The van der Waals surface area contributed by atoms with Crippen molar-refractivity contribution in [3.63, 3.8) is 0 Å². The predicted molar refractivity (Wildman–Crippen MR) is 66.1 cm³/mol. The van der Waals surface area contributed by atoms with Crippen LogP contribution in [0.15, 0.2) is 0 Å². The first kappa shape index (κ1) is 13.8. The molecule has 0 bridgehead atoms. The monoisotopic (exact) mass is 276 g/mol. The number of carboxylic acids is 1. The van der Waals surface area contributed by atoms with E-state index in [0.29, 0.717) is 12.8 Å². The van der Waals surface area contributed by atoms with Crippen LogP contribution in [-0.4, -0.2) is 43.7 Å². The van der Waals surface area contributed by atoms with E-state index in [9.17, 15) is 18.3 Å². The van der Waals surface area contributed by atoms with Gasteiger partial charge in [-0.1, -0.05) is 0 Å². The van der Waals surface area contributed by atoms with E-state index >= 15 is 0 Å². The first-order chi connectivity index (χ1) is 8.48. The summed E-state index contributed by atoms with van der Waals surface area (Å²) in [5.74, 6) is -1.44. The molecule has 0 amide bonds. The van der Waals surface area contributed by atoms with Crippen LogP contribution in [0.4, 0.5) is 0 Å². The van der Waals surface area contributed by atoms with Gasteiger partial charge in [0.2, 0.25) is 0 Å². The summed E-state index contributed by atoms with van der Waals surface area (Å²) >= 11 is 0. The van der Waals surface area contributed by atoms with Crippen LogP contribution in [0, 0.1) is 11.8 Å². The molecule has 3 unspecified atom stereocenters. The van der Waals surface area contributed by atoms with Gasteiger partial charge in [0.05, 0.1) is 23.5 Å². The van der Waals surface area contributed by atoms with Crippen molar-refractivity contribution in [1.29, 1.82) is 0 Å². The van der Waals surface area contributed by atoms with Gasteiger partial charge in [-0.15, -0.1) is 0 Å². The van der Waals surface area contributed by atoms with Gasteiger partial charge in [0.1, 0.15) is 0 Å². The molecule has 2 rings (SSSR count). The lowest BCUT2D eigenvalue weighted by Gasteiger charge is -2.19. The van der Waals surface area contributed by atoms with E-state index in [1.807, 2.05) is 0 Å². The van der Waals surface area contributed by atoms with Gasteiger partial charge < -0.3 is 9.84 Å². The maximum absolute atomic E-state index is 11.4. The highest BCUT2D eigenvalue weighted by Crippen LogP contribution is 2.31. The Morgan fingerprint density at radius 3 is 2.67 bits per heavy atom. The number of rotatable bonds is 5. The maximum Gasteiger partial charge on any atom is 0.306 e. The zero-order valence-electron chi connectivity index (χ0n) is 10.4. The number of ether oxygens (including phenoxy) is 1. The third-order valence-electron chi connectivity index (χ3n) is 3.98. The third-order valence-corrected chi connectivity index (χ3v) is 5.77. The Balaban J connectivity index is 1.89. The molecule has 0 aromatic rings. The molecule has 6 heteroatoms. The second kappa shape index (κ2) is 5.57. The molecule has 0 radical (unpaired) electrons. The minimum absolute atomic E-state index is 0.0372. The van der Waals surface area contributed by atoms with Crippen molar-refractivity contribution in [3.05, 3.63) is 0 Å². The highest BCUT2D eigenvalue weighted by atomic mass is 32.2. The summed E-state index contributed by atoms with van der Waals surface area (Å²) in [6, 6.07) is 0.